The Labute approximate surface area is 155 Å². The van der Waals surface area contributed by atoms with Gasteiger partial charge in [-0.1, -0.05) is 34.6 Å². The summed E-state index contributed by atoms with van der Waals surface area (Å²) in [5.41, 5.74) is -0.266. The minimum atomic E-state index is -0.319. The Morgan fingerprint density at radius 3 is 2.38 bits per heavy atom. The number of ether oxygens (including phenoxy) is 1. The first kappa shape index (κ1) is 22.3. The second kappa shape index (κ2) is 9.80. The predicted octanol–water partition coefficient (Wildman–Crippen LogP) is 1.55. The van der Waals surface area contributed by atoms with Crippen molar-refractivity contribution in [2.24, 2.45) is 17.3 Å². The number of hydrogen-bond acceptors (Lipinski definition) is 5. The van der Waals surface area contributed by atoms with Crippen LogP contribution >= 0.6 is 0 Å². The number of hydrogen-bond donors (Lipinski definition) is 1. The van der Waals surface area contributed by atoms with Gasteiger partial charge in [-0.2, -0.15) is 0 Å². The van der Waals surface area contributed by atoms with Gasteiger partial charge >= 0.3 is 0 Å². The highest BCUT2D eigenvalue weighted by Crippen LogP contribution is 2.35. The first-order valence-corrected chi connectivity index (χ1v) is 9.25. The quantitative estimate of drug-likeness (QED) is 0.466. The van der Waals surface area contributed by atoms with Crippen LogP contribution in [0.25, 0.3) is 0 Å². The lowest BCUT2D eigenvalue weighted by Crippen LogP contribution is -2.37. The summed E-state index contributed by atoms with van der Waals surface area (Å²) in [5, 5.41) is 2.69. The summed E-state index contributed by atoms with van der Waals surface area (Å²) in [6.07, 6.45) is 0.673. The Bertz CT molecular complexity index is 537. The van der Waals surface area contributed by atoms with E-state index in [1.54, 1.807) is 0 Å². The molecule has 0 aromatic carbocycles. The molecule has 3 amide bonds. The number of likely N-dealkylation sites (tertiary alicyclic amines) is 1. The normalized spacial score (nSPS) is 17.9. The third-order valence-electron chi connectivity index (χ3n) is 4.56. The molecule has 148 valence electrons. The third-order valence-corrected chi connectivity index (χ3v) is 4.56. The smallest absolute Gasteiger partial charge is 0.233 e. The molecule has 1 heterocycles. The fourth-order valence-electron chi connectivity index (χ4n) is 2.72. The number of carbonyl (C=O) groups is 4. The number of nitrogens with one attached hydrogen (secondary N) is 1. The minimum absolute atomic E-state index is 0.00666. The number of Topliss-reactive ketones (excluding diaryl/α,β-unsaturated/α-hetero) is 1. The SMILES string of the molecule is CC(C)C(=O)CCOCCNC(=O)CCN1C(=O)CC(C(C)(C)C)C1=O. The second-order valence-electron chi connectivity index (χ2n) is 8.09. The largest absolute Gasteiger partial charge is 0.379 e. The Hall–Kier alpha value is -1.76. The van der Waals surface area contributed by atoms with Gasteiger partial charge in [0.05, 0.1) is 19.1 Å². The first-order chi connectivity index (χ1) is 12.0. The Morgan fingerprint density at radius 2 is 1.85 bits per heavy atom. The summed E-state index contributed by atoms with van der Waals surface area (Å²) in [6.45, 7) is 10.6. The molecule has 1 unspecified atom stereocenters. The molecule has 1 fully saturated rings. The van der Waals surface area contributed by atoms with E-state index in [2.05, 4.69) is 5.32 Å². The molecule has 7 heteroatoms. The Morgan fingerprint density at radius 1 is 1.19 bits per heavy atom. The molecule has 1 atom stereocenters. The molecule has 0 aromatic heterocycles. The fraction of sp³-hybridized carbons (Fsp3) is 0.789. The molecule has 7 nitrogen and oxygen atoms in total. The van der Waals surface area contributed by atoms with Crippen molar-refractivity contribution in [1.29, 1.82) is 0 Å². The van der Waals surface area contributed by atoms with Crippen LogP contribution in [0, 0.1) is 17.3 Å². The van der Waals surface area contributed by atoms with Gasteiger partial charge in [-0.05, 0) is 5.41 Å². The lowest BCUT2D eigenvalue weighted by atomic mass is 9.80. The van der Waals surface area contributed by atoms with E-state index in [4.69, 9.17) is 4.74 Å². The van der Waals surface area contributed by atoms with Gasteiger partial charge in [-0.15, -0.1) is 0 Å². The summed E-state index contributed by atoms with van der Waals surface area (Å²) in [7, 11) is 0. The molecule has 0 saturated carbocycles. The zero-order valence-electron chi connectivity index (χ0n) is 16.6. The van der Waals surface area contributed by atoms with Crippen LogP contribution in [0.2, 0.25) is 0 Å². The van der Waals surface area contributed by atoms with Crippen molar-refractivity contribution in [3.05, 3.63) is 0 Å². The van der Waals surface area contributed by atoms with E-state index < -0.39 is 0 Å². The number of imide groups is 1. The number of amides is 3. The van der Waals surface area contributed by atoms with Gasteiger partial charge in [0.25, 0.3) is 0 Å². The Kier molecular flexibility index (Phi) is 8.40. The highest BCUT2D eigenvalue weighted by Gasteiger charge is 2.44. The van der Waals surface area contributed by atoms with Gasteiger partial charge in [0.1, 0.15) is 5.78 Å². The molecule has 0 aromatic rings. The molecule has 0 radical (unpaired) electrons. The summed E-state index contributed by atoms with van der Waals surface area (Å²) < 4.78 is 5.31. The van der Waals surface area contributed by atoms with Crippen molar-refractivity contribution < 1.29 is 23.9 Å². The van der Waals surface area contributed by atoms with E-state index in [9.17, 15) is 19.2 Å². The molecule has 0 spiro atoms. The maximum Gasteiger partial charge on any atom is 0.233 e. The van der Waals surface area contributed by atoms with Crippen LogP contribution < -0.4 is 5.32 Å². The van der Waals surface area contributed by atoms with Gasteiger partial charge in [0.2, 0.25) is 17.7 Å². The van der Waals surface area contributed by atoms with Crippen LogP contribution in [-0.4, -0.2) is 54.7 Å². The van der Waals surface area contributed by atoms with Gasteiger partial charge in [0, 0.05) is 38.3 Å². The number of carbonyl (C=O) groups excluding carboxylic acids is 4. The lowest BCUT2D eigenvalue weighted by Gasteiger charge is -2.24. The highest BCUT2D eigenvalue weighted by molar-refractivity contribution is 6.04. The van der Waals surface area contributed by atoms with Crippen LogP contribution in [0.3, 0.4) is 0 Å². The van der Waals surface area contributed by atoms with E-state index in [0.717, 1.165) is 0 Å². The standard InChI is InChI=1S/C19H32N2O5/c1-13(2)15(22)7-10-26-11-8-20-16(23)6-9-21-17(24)12-14(18(21)25)19(3,4)5/h13-14H,6-12H2,1-5H3,(H,20,23). The second-order valence-corrected chi connectivity index (χ2v) is 8.09. The molecule has 0 aliphatic carbocycles. The third kappa shape index (κ3) is 6.86. The molecule has 1 rings (SSSR count). The molecule has 1 N–H and O–H groups in total. The number of nitrogens with zero attached hydrogens (tertiary/aromatic N) is 1. The minimum Gasteiger partial charge on any atom is -0.379 e. The maximum absolute atomic E-state index is 12.3. The molecule has 1 aliphatic rings. The molecule has 0 bridgehead atoms. The van der Waals surface area contributed by atoms with E-state index in [0.29, 0.717) is 26.2 Å². The summed E-state index contributed by atoms with van der Waals surface area (Å²) in [6, 6.07) is 0. The van der Waals surface area contributed by atoms with Gasteiger partial charge < -0.3 is 10.1 Å². The van der Waals surface area contributed by atoms with Gasteiger partial charge in [-0.3, -0.25) is 24.1 Å². The van der Waals surface area contributed by atoms with Crippen LogP contribution in [0.1, 0.15) is 53.9 Å². The van der Waals surface area contributed by atoms with E-state index in [1.165, 1.54) is 4.90 Å². The molecule has 26 heavy (non-hydrogen) atoms. The summed E-state index contributed by atoms with van der Waals surface area (Å²) in [4.78, 5) is 48.8. The van der Waals surface area contributed by atoms with Gasteiger partial charge in [-0.25, -0.2) is 0 Å². The average Bonchev–Trinajstić information content (AvgIpc) is 2.83. The topological polar surface area (TPSA) is 92.8 Å². The summed E-state index contributed by atoms with van der Waals surface area (Å²) >= 11 is 0. The van der Waals surface area contributed by atoms with Crippen LogP contribution in [0.5, 0.6) is 0 Å². The van der Waals surface area contributed by atoms with Crippen molar-refractivity contribution in [1.82, 2.24) is 10.2 Å². The van der Waals surface area contributed by atoms with Crippen molar-refractivity contribution in [3.8, 4) is 0 Å². The Balaban J connectivity index is 2.22. The molecular formula is C19H32N2O5. The van der Waals surface area contributed by atoms with Crippen molar-refractivity contribution >= 4 is 23.5 Å². The first-order valence-electron chi connectivity index (χ1n) is 9.25. The maximum atomic E-state index is 12.3. The lowest BCUT2D eigenvalue weighted by molar-refractivity contribution is -0.140. The molecular weight excluding hydrogens is 336 g/mol. The average molecular weight is 368 g/mol. The van der Waals surface area contributed by atoms with Crippen molar-refractivity contribution in [2.45, 2.75) is 53.9 Å². The van der Waals surface area contributed by atoms with E-state index in [1.807, 2.05) is 34.6 Å². The van der Waals surface area contributed by atoms with E-state index >= 15 is 0 Å². The zero-order chi connectivity index (χ0) is 19.9. The highest BCUT2D eigenvalue weighted by atomic mass is 16.5. The van der Waals surface area contributed by atoms with Crippen LogP contribution in [0.4, 0.5) is 0 Å². The molecule has 1 aliphatic heterocycles. The summed E-state index contributed by atoms with van der Waals surface area (Å²) in [5.74, 6) is -0.782. The van der Waals surface area contributed by atoms with Crippen LogP contribution in [0.15, 0.2) is 0 Å². The monoisotopic (exact) mass is 368 g/mol. The fourth-order valence-corrected chi connectivity index (χ4v) is 2.72. The molecule has 1 saturated heterocycles. The van der Waals surface area contributed by atoms with Gasteiger partial charge in [0.15, 0.2) is 0 Å². The zero-order valence-corrected chi connectivity index (χ0v) is 16.6. The van der Waals surface area contributed by atoms with Crippen molar-refractivity contribution in [3.63, 3.8) is 0 Å². The van der Waals surface area contributed by atoms with Crippen LogP contribution in [-0.2, 0) is 23.9 Å². The predicted molar refractivity (Wildman–Crippen MR) is 97.2 cm³/mol. The van der Waals surface area contributed by atoms with Crippen molar-refractivity contribution in [2.75, 3.05) is 26.3 Å². The van der Waals surface area contributed by atoms with E-state index in [-0.39, 0.29) is 60.1 Å². The number of ketones is 1. The number of rotatable bonds is 10.